The summed E-state index contributed by atoms with van der Waals surface area (Å²) in [4.78, 5) is 32.7. The highest BCUT2D eigenvalue weighted by Crippen LogP contribution is 2.47. The fraction of sp³-hybridized carbons (Fsp3) is 0.625. The number of nitrogen functional groups attached to an aromatic ring is 1. The molecule has 0 radical (unpaired) electrons. The van der Waals surface area contributed by atoms with Gasteiger partial charge in [0.2, 0.25) is 5.91 Å². The first-order valence-corrected chi connectivity index (χ1v) is 15.5. The summed E-state index contributed by atoms with van der Waals surface area (Å²) in [6, 6.07) is 1.71. The lowest BCUT2D eigenvalue weighted by molar-refractivity contribution is -0.139. The predicted octanol–water partition coefficient (Wildman–Crippen LogP) is 4.63. The Balaban J connectivity index is 1.58. The number of rotatable bonds is 7. The summed E-state index contributed by atoms with van der Waals surface area (Å²) in [5.74, 6) is 0.0559. The highest BCUT2D eigenvalue weighted by molar-refractivity contribution is 5.87. The molecule has 12 heteroatoms. The standard InChI is InChI=1S/C32H44F3N7O2/c1-7-27(43)41-11-12-42(20(5)16-41)30-24-14-22(18(2)3)23(29-28(32(33,34)35)19(4)13-26(36)38-29)15-25(24)37-31(39-30)44-17-21-9-8-10-40(21)6/h7,13,18,20-23H,1,8-12,14-17H2,2-6H3,(H2,36,38)/t20-,21-,22+,23-/m0/s1. The topological polar surface area (TPSA) is 101 Å². The predicted molar refractivity (Wildman–Crippen MR) is 164 cm³/mol. The van der Waals surface area contributed by atoms with Crippen LogP contribution in [-0.4, -0.2) is 82.6 Å². The van der Waals surface area contributed by atoms with Crippen LogP contribution in [0.4, 0.5) is 24.8 Å². The van der Waals surface area contributed by atoms with Crippen molar-refractivity contribution in [3.8, 4) is 6.01 Å². The lowest BCUT2D eigenvalue weighted by Gasteiger charge is -2.43. The number of aryl methyl sites for hydroxylation is 1. The quantitative estimate of drug-likeness (QED) is 0.450. The maximum Gasteiger partial charge on any atom is 0.418 e. The van der Waals surface area contributed by atoms with Crippen molar-refractivity contribution in [3.05, 3.63) is 46.8 Å². The number of aromatic nitrogens is 3. The molecule has 0 spiro atoms. The van der Waals surface area contributed by atoms with Gasteiger partial charge >= 0.3 is 12.2 Å². The van der Waals surface area contributed by atoms with Crippen molar-refractivity contribution < 1.29 is 22.7 Å². The van der Waals surface area contributed by atoms with E-state index in [1.165, 1.54) is 19.1 Å². The summed E-state index contributed by atoms with van der Waals surface area (Å²) in [6.07, 6.45) is -0.380. The van der Waals surface area contributed by atoms with E-state index in [0.29, 0.717) is 38.4 Å². The van der Waals surface area contributed by atoms with Crippen molar-refractivity contribution in [3.63, 3.8) is 0 Å². The second-order valence-electron chi connectivity index (χ2n) is 12.9. The average Bonchev–Trinajstić information content (AvgIpc) is 3.37. The number of anilines is 2. The number of carbonyl (C=O) groups is 1. The Morgan fingerprint density at radius 2 is 1.95 bits per heavy atom. The molecule has 2 saturated heterocycles. The second kappa shape index (κ2) is 12.5. The summed E-state index contributed by atoms with van der Waals surface area (Å²) in [5.41, 5.74) is 6.99. The second-order valence-corrected chi connectivity index (χ2v) is 12.9. The first kappa shape index (κ1) is 32.0. The molecule has 4 heterocycles. The van der Waals surface area contributed by atoms with Crippen LogP contribution >= 0.6 is 0 Å². The molecule has 0 unspecified atom stereocenters. The number of hydrogen-bond acceptors (Lipinski definition) is 8. The van der Waals surface area contributed by atoms with E-state index >= 15 is 0 Å². The van der Waals surface area contributed by atoms with Crippen LogP contribution < -0.4 is 15.4 Å². The Labute approximate surface area is 257 Å². The van der Waals surface area contributed by atoms with Gasteiger partial charge in [0.05, 0.1) is 17.0 Å². The summed E-state index contributed by atoms with van der Waals surface area (Å²) >= 11 is 0. The van der Waals surface area contributed by atoms with Crippen LogP contribution in [0.15, 0.2) is 18.7 Å². The van der Waals surface area contributed by atoms with Gasteiger partial charge in [0.25, 0.3) is 0 Å². The van der Waals surface area contributed by atoms with Crippen LogP contribution in [-0.2, 0) is 23.8 Å². The van der Waals surface area contributed by atoms with Gasteiger partial charge in [-0.1, -0.05) is 20.4 Å². The number of likely N-dealkylation sites (tertiary alicyclic amines) is 1. The molecular weight excluding hydrogens is 571 g/mol. The minimum Gasteiger partial charge on any atom is -0.462 e. The number of hydrogen-bond donors (Lipinski definition) is 1. The zero-order valence-corrected chi connectivity index (χ0v) is 26.3. The number of pyridine rings is 1. The number of ether oxygens (including phenoxy) is 1. The van der Waals surface area contributed by atoms with Crippen LogP contribution in [0.5, 0.6) is 6.01 Å². The molecule has 2 aromatic heterocycles. The molecule has 0 saturated carbocycles. The molecule has 3 aliphatic rings. The van der Waals surface area contributed by atoms with Crippen LogP contribution in [0.3, 0.4) is 0 Å². The number of fused-ring (bicyclic) bond motifs is 1. The molecule has 240 valence electrons. The maximum atomic E-state index is 14.5. The highest BCUT2D eigenvalue weighted by atomic mass is 19.4. The summed E-state index contributed by atoms with van der Waals surface area (Å²) in [6.45, 7) is 14.2. The van der Waals surface area contributed by atoms with E-state index in [1.54, 1.807) is 4.90 Å². The fourth-order valence-corrected chi connectivity index (χ4v) is 7.24. The Morgan fingerprint density at radius 3 is 2.57 bits per heavy atom. The lowest BCUT2D eigenvalue weighted by atomic mass is 9.70. The molecule has 1 amide bonds. The molecular formula is C32H44F3N7O2. The van der Waals surface area contributed by atoms with Gasteiger partial charge in [0, 0.05) is 43.2 Å². The molecule has 9 nitrogen and oxygen atoms in total. The number of halogens is 3. The van der Waals surface area contributed by atoms with Crippen LogP contribution in [0.1, 0.15) is 67.6 Å². The molecule has 44 heavy (non-hydrogen) atoms. The third-order valence-corrected chi connectivity index (χ3v) is 9.64. The van der Waals surface area contributed by atoms with Gasteiger partial charge in [0.15, 0.2) is 0 Å². The van der Waals surface area contributed by atoms with E-state index in [0.717, 1.165) is 30.8 Å². The van der Waals surface area contributed by atoms with Crippen LogP contribution in [0.25, 0.3) is 0 Å². The number of amides is 1. The maximum absolute atomic E-state index is 14.5. The Hall–Kier alpha value is -3.41. The lowest BCUT2D eigenvalue weighted by Crippen LogP contribution is -2.54. The molecule has 2 aromatic rings. The first-order chi connectivity index (χ1) is 20.8. The molecule has 2 aliphatic heterocycles. The Morgan fingerprint density at radius 1 is 1.20 bits per heavy atom. The van der Waals surface area contributed by atoms with E-state index in [2.05, 4.69) is 28.4 Å². The molecule has 2 N–H and O–H groups in total. The number of alkyl halides is 3. The van der Waals surface area contributed by atoms with E-state index in [1.807, 2.05) is 20.8 Å². The van der Waals surface area contributed by atoms with Crippen molar-refractivity contribution in [2.45, 2.75) is 77.6 Å². The number of piperazine rings is 1. The number of nitrogens with zero attached hydrogens (tertiary/aromatic N) is 6. The molecule has 2 fully saturated rings. The third kappa shape index (κ3) is 6.36. The molecule has 4 atom stereocenters. The van der Waals surface area contributed by atoms with Gasteiger partial charge in [-0.15, -0.1) is 0 Å². The van der Waals surface area contributed by atoms with E-state index < -0.39 is 17.7 Å². The van der Waals surface area contributed by atoms with Crippen molar-refractivity contribution in [2.24, 2.45) is 11.8 Å². The molecule has 0 aromatic carbocycles. The van der Waals surface area contributed by atoms with Crippen LogP contribution in [0, 0.1) is 18.8 Å². The summed E-state index contributed by atoms with van der Waals surface area (Å²) in [7, 11) is 2.07. The monoisotopic (exact) mass is 615 g/mol. The average molecular weight is 616 g/mol. The van der Waals surface area contributed by atoms with Crippen LogP contribution in [0.2, 0.25) is 0 Å². The number of carbonyl (C=O) groups excluding carboxylic acids is 1. The number of likely N-dealkylation sites (N-methyl/N-ethyl adjacent to an activating group) is 1. The third-order valence-electron chi connectivity index (χ3n) is 9.64. The fourth-order valence-electron chi connectivity index (χ4n) is 7.24. The Kier molecular flexibility index (Phi) is 9.11. The van der Waals surface area contributed by atoms with Gasteiger partial charge in [-0.2, -0.15) is 23.1 Å². The normalized spacial score (nSPS) is 24.5. The van der Waals surface area contributed by atoms with Crippen molar-refractivity contribution >= 4 is 17.5 Å². The molecule has 1 aliphatic carbocycles. The van der Waals surface area contributed by atoms with E-state index in [4.69, 9.17) is 20.4 Å². The van der Waals surface area contributed by atoms with E-state index in [-0.39, 0.29) is 59.3 Å². The SMILES string of the molecule is C=CC(=O)N1CCN(c2nc(OC[C@@H]3CCCN3C)nc3c2C[C@H](C(C)C)[C@@H](c2nc(N)cc(C)c2C(F)(F)F)C3)[C@@H](C)C1. The van der Waals surface area contributed by atoms with Gasteiger partial charge in [-0.3, -0.25) is 4.79 Å². The van der Waals surface area contributed by atoms with Crippen molar-refractivity contribution in [1.82, 2.24) is 24.8 Å². The largest absolute Gasteiger partial charge is 0.462 e. The molecule has 5 rings (SSSR count). The van der Waals surface area contributed by atoms with Crippen molar-refractivity contribution in [2.75, 3.05) is 50.5 Å². The van der Waals surface area contributed by atoms with Gasteiger partial charge in [0.1, 0.15) is 18.2 Å². The highest BCUT2D eigenvalue weighted by Gasteiger charge is 2.44. The zero-order chi connectivity index (χ0) is 31.9. The minimum absolute atomic E-state index is 0.0144. The summed E-state index contributed by atoms with van der Waals surface area (Å²) < 4.78 is 49.6. The molecule has 0 bridgehead atoms. The number of nitrogens with two attached hydrogens (primary N) is 1. The van der Waals surface area contributed by atoms with Gasteiger partial charge in [-0.25, -0.2) is 4.98 Å². The zero-order valence-electron chi connectivity index (χ0n) is 26.3. The Bertz CT molecular complexity index is 1400. The van der Waals surface area contributed by atoms with Gasteiger partial charge in [-0.05, 0) is 82.7 Å². The van der Waals surface area contributed by atoms with Gasteiger partial charge < -0.3 is 25.2 Å². The first-order valence-electron chi connectivity index (χ1n) is 15.5. The minimum atomic E-state index is -4.57. The van der Waals surface area contributed by atoms with Crippen molar-refractivity contribution in [1.29, 1.82) is 0 Å². The smallest absolute Gasteiger partial charge is 0.418 e. The van der Waals surface area contributed by atoms with E-state index in [9.17, 15) is 18.0 Å². The summed E-state index contributed by atoms with van der Waals surface area (Å²) in [5, 5.41) is 0.